The number of pyridine rings is 1. The third-order valence-electron chi connectivity index (χ3n) is 5.52. The molecular formula is C19H25N5OS. The Morgan fingerprint density at radius 3 is 2.92 bits per heavy atom. The predicted molar refractivity (Wildman–Crippen MR) is 102 cm³/mol. The predicted octanol–water partition coefficient (Wildman–Crippen LogP) is 2.90. The zero-order valence-electron chi connectivity index (χ0n) is 15.2. The number of amides is 1. The van der Waals surface area contributed by atoms with Crippen LogP contribution in [0.15, 0.2) is 24.4 Å². The van der Waals surface area contributed by atoms with Gasteiger partial charge in [0.1, 0.15) is 5.01 Å². The van der Waals surface area contributed by atoms with Crippen LogP contribution in [0.3, 0.4) is 0 Å². The SMILES string of the molecule is CCc1nnc(N2CCC[C@@]3(CCC(=O)N(Cc4ccccn4)C3)C2)s1. The molecule has 0 unspecified atom stereocenters. The second kappa shape index (κ2) is 7.31. The van der Waals surface area contributed by atoms with Crippen molar-refractivity contribution in [2.75, 3.05) is 24.5 Å². The quantitative estimate of drug-likeness (QED) is 0.827. The van der Waals surface area contributed by atoms with Crippen LogP contribution in [-0.2, 0) is 17.8 Å². The molecule has 1 amide bonds. The van der Waals surface area contributed by atoms with Gasteiger partial charge in [-0.05, 0) is 37.8 Å². The number of hydrogen-bond donors (Lipinski definition) is 0. The van der Waals surface area contributed by atoms with Crippen molar-refractivity contribution in [3.8, 4) is 0 Å². The van der Waals surface area contributed by atoms with Crippen LogP contribution in [0.25, 0.3) is 0 Å². The van der Waals surface area contributed by atoms with E-state index in [1.807, 2.05) is 23.1 Å². The topological polar surface area (TPSA) is 62.2 Å². The summed E-state index contributed by atoms with van der Waals surface area (Å²) in [5.41, 5.74) is 1.13. The maximum Gasteiger partial charge on any atom is 0.222 e. The highest BCUT2D eigenvalue weighted by Gasteiger charge is 2.42. The first kappa shape index (κ1) is 17.4. The average Bonchev–Trinajstić information content (AvgIpc) is 3.15. The second-order valence-electron chi connectivity index (χ2n) is 7.43. The molecule has 0 N–H and O–H groups in total. The van der Waals surface area contributed by atoms with Gasteiger partial charge in [0.25, 0.3) is 0 Å². The van der Waals surface area contributed by atoms with Crippen LogP contribution in [-0.4, -0.2) is 45.6 Å². The van der Waals surface area contributed by atoms with E-state index in [1.54, 1.807) is 17.5 Å². The van der Waals surface area contributed by atoms with Crippen LogP contribution in [0.1, 0.15) is 43.3 Å². The minimum atomic E-state index is 0.166. The van der Waals surface area contributed by atoms with Crippen LogP contribution in [0.5, 0.6) is 0 Å². The third kappa shape index (κ3) is 3.58. The lowest BCUT2D eigenvalue weighted by Crippen LogP contribution is -2.53. The molecule has 6 nitrogen and oxygen atoms in total. The monoisotopic (exact) mass is 371 g/mol. The summed E-state index contributed by atoms with van der Waals surface area (Å²) in [6.07, 6.45) is 6.66. The maximum absolute atomic E-state index is 12.5. The molecule has 2 aliphatic heterocycles. The summed E-state index contributed by atoms with van der Waals surface area (Å²) in [5, 5.41) is 10.8. The van der Waals surface area contributed by atoms with E-state index < -0.39 is 0 Å². The Labute approximate surface area is 158 Å². The van der Waals surface area contributed by atoms with Crippen molar-refractivity contribution in [1.82, 2.24) is 20.1 Å². The molecule has 26 heavy (non-hydrogen) atoms. The fraction of sp³-hybridized carbons (Fsp3) is 0.579. The van der Waals surface area contributed by atoms with Gasteiger partial charge in [0.2, 0.25) is 11.0 Å². The summed E-state index contributed by atoms with van der Waals surface area (Å²) < 4.78 is 0. The third-order valence-corrected chi connectivity index (χ3v) is 6.65. The van der Waals surface area contributed by atoms with Crippen molar-refractivity contribution in [3.05, 3.63) is 35.1 Å². The van der Waals surface area contributed by atoms with Crippen LogP contribution < -0.4 is 4.90 Å². The van der Waals surface area contributed by atoms with E-state index >= 15 is 0 Å². The fourth-order valence-corrected chi connectivity index (χ4v) is 4.96. The van der Waals surface area contributed by atoms with Crippen molar-refractivity contribution in [1.29, 1.82) is 0 Å². The number of likely N-dealkylation sites (tertiary alicyclic amines) is 1. The summed E-state index contributed by atoms with van der Waals surface area (Å²) in [5.74, 6) is 0.252. The first-order chi connectivity index (χ1) is 12.7. The van der Waals surface area contributed by atoms with Crippen molar-refractivity contribution in [2.24, 2.45) is 5.41 Å². The average molecular weight is 372 g/mol. The first-order valence-electron chi connectivity index (χ1n) is 9.42. The Morgan fingerprint density at radius 2 is 2.15 bits per heavy atom. The normalized spacial score (nSPS) is 23.7. The van der Waals surface area contributed by atoms with Crippen LogP contribution in [0.2, 0.25) is 0 Å². The molecule has 1 atom stereocenters. The maximum atomic E-state index is 12.5. The molecule has 4 rings (SSSR count). The van der Waals surface area contributed by atoms with Gasteiger partial charge in [-0.2, -0.15) is 0 Å². The molecule has 2 saturated heterocycles. The van der Waals surface area contributed by atoms with E-state index in [2.05, 4.69) is 27.0 Å². The van der Waals surface area contributed by atoms with Crippen molar-refractivity contribution < 1.29 is 4.79 Å². The molecule has 2 aromatic rings. The number of hydrogen-bond acceptors (Lipinski definition) is 6. The summed E-state index contributed by atoms with van der Waals surface area (Å²) in [6, 6.07) is 5.89. The number of anilines is 1. The van der Waals surface area contributed by atoms with Gasteiger partial charge >= 0.3 is 0 Å². The largest absolute Gasteiger partial charge is 0.346 e. The standard InChI is InChI=1S/C19H25N5OS/c1-2-16-21-22-18(26-16)23-11-5-8-19(13-23)9-7-17(25)24(14-19)12-15-6-3-4-10-20-15/h3-4,6,10H,2,5,7-9,11-14H2,1H3/t19-/m1/s1. The lowest BCUT2D eigenvalue weighted by atomic mass is 9.73. The summed E-state index contributed by atoms with van der Waals surface area (Å²) in [7, 11) is 0. The molecule has 1 spiro atoms. The molecule has 0 aromatic carbocycles. The smallest absolute Gasteiger partial charge is 0.222 e. The van der Waals surface area contributed by atoms with Gasteiger partial charge in [0.05, 0.1) is 12.2 Å². The molecule has 2 fully saturated rings. The summed E-state index contributed by atoms with van der Waals surface area (Å²) in [4.78, 5) is 21.3. The van der Waals surface area contributed by atoms with Crippen LogP contribution in [0, 0.1) is 5.41 Å². The first-order valence-corrected chi connectivity index (χ1v) is 10.2. The van der Waals surface area contributed by atoms with Crippen LogP contribution >= 0.6 is 11.3 Å². The molecule has 7 heteroatoms. The van der Waals surface area contributed by atoms with E-state index in [0.29, 0.717) is 13.0 Å². The van der Waals surface area contributed by atoms with E-state index in [9.17, 15) is 4.79 Å². The molecule has 0 saturated carbocycles. The van der Waals surface area contributed by atoms with E-state index in [4.69, 9.17) is 0 Å². The number of aromatic nitrogens is 3. The van der Waals surface area contributed by atoms with E-state index in [-0.39, 0.29) is 11.3 Å². The zero-order valence-corrected chi connectivity index (χ0v) is 16.0. The van der Waals surface area contributed by atoms with Gasteiger partial charge in [-0.15, -0.1) is 10.2 Å². The van der Waals surface area contributed by atoms with Crippen LogP contribution in [0.4, 0.5) is 5.13 Å². The number of nitrogens with zero attached hydrogens (tertiary/aromatic N) is 5. The Balaban J connectivity index is 1.49. The van der Waals surface area contributed by atoms with Crippen molar-refractivity contribution >= 4 is 22.4 Å². The minimum absolute atomic E-state index is 0.166. The Morgan fingerprint density at radius 1 is 1.23 bits per heavy atom. The molecule has 2 aromatic heterocycles. The van der Waals surface area contributed by atoms with Gasteiger partial charge in [-0.1, -0.05) is 24.3 Å². The lowest BCUT2D eigenvalue weighted by Gasteiger charge is -2.48. The molecule has 2 aliphatic rings. The van der Waals surface area contributed by atoms with Crippen molar-refractivity contribution in [3.63, 3.8) is 0 Å². The fourth-order valence-electron chi connectivity index (χ4n) is 4.15. The molecule has 138 valence electrons. The van der Waals surface area contributed by atoms with E-state index in [1.165, 1.54) is 6.42 Å². The van der Waals surface area contributed by atoms with E-state index in [0.717, 1.165) is 54.7 Å². The molecule has 0 radical (unpaired) electrons. The highest BCUT2D eigenvalue weighted by molar-refractivity contribution is 7.15. The number of carbonyl (C=O) groups is 1. The van der Waals surface area contributed by atoms with Gasteiger partial charge in [0, 0.05) is 37.7 Å². The van der Waals surface area contributed by atoms with Gasteiger partial charge in [0.15, 0.2) is 0 Å². The van der Waals surface area contributed by atoms with Gasteiger partial charge in [-0.25, -0.2) is 0 Å². The van der Waals surface area contributed by atoms with Gasteiger partial charge in [-0.3, -0.25) is 9.78 Å². The van der Waals surface area contributed by atoms with Crippen molar-refractivity contribution in [2.45, 2.75) is 45.6 Å². The Kier molecular flexibility index (Phi) is 4.89. The zero-order chi connectivity index (χ0) is 18.0. The summed E-state index contributed by atoms with van der Waals surface area (Å²) >= 11 is 1.70. The second-order valence-corrected chi connectivity index (χ2v) is 8.47. The van der Waals surface area contributed by atoms with Gasteiger partial charge < -0.3 is 9.80 Å². The molecular weight excluding hydrogens is 346 g/mol. The number of piperidine rings is 2. The highest BCUT2D eigenvalue weighted by Crippen LogP contribution is 2.41. The molecule has 0 bridgehead atoms. The number of carbonyl (C=O) groups excluding carboxylic acids is 1. The minimum Gasteiger partial charge on any atom is -0.346 e. The molecule has 0 aliphatic carbocycles. The number of aryl methyl sites for hydroxylation is 1. The Hall–Kier alpha value is -2.02. The highest BCUT2D eigenvalue weighted by atomic mass is 32.1. The number of rotatable bonds is 4. The lowest BCUT2D eigenvalue weighted by molar-refractivity contribution is -0.138. The summed E-state index contributed by atoms with van der Waals surface area (Å²) in [6.45, 7) is 5.55. The Bertz CT molecular complexity index is 764. The molecule has 4 heterocycles.